The van der Waals surface area contributed by atoms with Crippen LogP contribution in [-0.2, 0) is 14.3 Å². The highest BCUT2D eigenvalue weighted by Crippen LogP contribution is 2.29. The summed E-state index contributed by atoms with van der Waals surface area (Å²) in [7, 11) is -5.58. The fraction of sp³-hybridized carbons (Fsp3) is 0.667. The van der Waals surface area contributed by atoms with Gasteiger partial charge in [-0.3, -0.25) is 0 Å². The summed E-state index contributed by atoms with van der Waals surface area (Å²) in [5.41, 5.74) is -5.43. The number of alkyl halides is 3. The average Bonchev–Trinajstić information content (AvgIpc) is 2.31. The Hall–Kier alpha value is -0.760. The Balaban J connectivity index is 2.71. The van der Waals surface area contributed by atoms with Gasteiger partial charge in [0.2, 0.25) is 0 Å². The summed E-state index contributed by atoms with van der Waals surface area (Å²) in [4.78, 5) is 0. The molecule has 0 aromatic heterocycles. The second-order valence-corrected chi connectivity index (χ2v) is 4.29. The van der Waals surface area contributed by atoms with Crippen molar-refractivity contribution in [2.45, 2.75) is 24.5 Å². The molecular weight excluding hydrogens is 225 g/mol. The fourth-order valence-electron chi connectivity index (χ4n) is 0.923. The third-order valence-corrected chi connectivity index (χ3v) is 2.56. The van der Waals surface area contributed by atoms with Gasteiger partial charge in [0, 0.05) is 6.42 Å². The van der Waals surface area contributed by atoms with Gasteiger partial charge in [-0.05, 0) is 12.5 Å². The van der Waals surface area contributed by atoms with Crippen LogP contribution in [0.1, 0.15) is 12.8 Å². The Morgan fingerprint density at radius 3 is 2.43 bits per heavy atom. The molecule has 0 radical (unpaired) electrons. The molecule has 1 aliphatic carbocycles. The minimum absolute atomic E-state index is 0.0999. The van der Waals surface area contributed by atoms with Gasteiger partial charge < -0.3 is 9.29 Å². The Kier molecular flexibility index (Phi) is 2.77. The summed E-state index contributed by atoms with van der Waals surface area (Å²) in [6.07, 6.45) is 0.139. The van der Waals surface area contributed by atoms with E-state index < -0.39 is 21.7 Å². The lowest BCUT2D eigenvalue weighted by Crippen LogP contribution is -2.25. The van der Waals surface area contributed by atoms with Gasteiger partial charge in [0.25, 0.3) is 0 Å². The molecule has 0 aromatic carbocycles. The van der Waals surface area contributed by atoms with Crippen LogP contribution in [0.5, 0.6) is 0 Å². The smallest absolute Gasteiger partial charge is 0.392 e. The van der Waals surface area contributed by atoms with Crippen molar-refractivity contribution >= 4 is 10.1 Å². The van der Waals surface area contributed by atoms with Crippen LogP contribution in [0.25, 0.3) is 0 Å². The number of halogens is 3. The molecular formula is C6H7F3O4S. The highest BCUT2D eigenvalue weighted by Gasteiger charge is 2.49. The van der Waals surface area contributed by atoms with Crippen molar-refractivity contribution in [2.24, 2.45) is 0 Å². The first-order valence-corrected chi connectivity index (χ1v) is 5.01. The van der Waals surface area contributed by atoms with E-state index in [9.17, 15) is 21.6 Å². The number of aliphatic hydroxyl groups excluding tert-OH is 1. The predicted octanol–water partition coefficient (Wildman–Crippen LogP) is 0.891. The van der Waals surface area contributed by atoms with E-state index in [-0.39, 0.29) is 18.6 Å². The van der Waals surface area contributed by atoms with E-state index in [2.05, 4.69) is 4.18 Å². The molecule has 0 bridgehead atoms. The Morgan fingerprint density at radius 2 is 2.07 bits per heavy atom. The van der Waals surface area contributed by atoms with Gasteiger partial charge in [-0.2, -0.15) is 21.6 Å². The largest absolute Gasteiger partial charge is 0.534 e. The summed E-state index contributed by atoms with van der Waals surface area (Å²) in [6.45, 7) is 0. The van der Waals surface area contributed by atoms with Crippen LogP contribution in [0, 0.1) is 0 Å². The van der Waals surface area contributed by atoms with Gasteiger partial charge in [-0.1, -0.05) is 0 Å². The molecule has 0 heterocycles. The van der Waals surface area contributed by atoms with Crippen molar-refractivity contribution in [1.29, 1.82) is 0 Å². The van der Waals surface area contributed by atoms with E-state index in [1.807, 2.05) is 0 Å². The molecule has 82 valence electrons. The van der Waals surface area contributed by atoms with Crippen LogP contribution in [0.15, 0.2) is 11.8 Å². The van der Waals surface area contributed by atoms with Crippen LogP contribution in [-0.4, -0.2) is 25.1 Å². The molecule has 1 aliphatic rings. The van der Waals surface area contributed by atoms with Gasteiger partial charge in [0.15, 0.2) is 0 Å². The first-order chi connectivity index (χ1) is 6.22. The molecule has 1 atom stereocenters. The summed E-state index contributed by atoms with van der Waals surface area (Å²) >= 11 is 0. The molecule has 0 saturated heterocycles. The van der Waals surface area contributed by atoms with E-state index in [1.165, 1.54) is 0 Å². The molecule has 14 heavy (non-hydrogen) atoms. The van der Waals surface area contributed by atoms with Crippen LogP contribution in [0.2, 0.25) is 0 Å². The Labute approximate surface area is 78.1 Å². The van der Waals surface area contributed by atoms with Gasteiger partial charge >= 0.3 is 15.6 Å². The monoisotopic (exact) mass is 232 g/mol. The lowest BCUT2D eigenvalue weighted by atomic mass is 10.3. The molecule has 1 N–H and O–H groups in total. The fourth-order valence-corrected chi connectivity index (χ4v) is 1.43. The molecule has 4 nitrogen and oxygen atoms in total. The lowest BCUT2D eigenvalue weighted by molar-refractivity contribution is -0.0524. The molecule has 0 saturated carbocycles. The molecule has 0 fully saturated rings. The molecule has 1 rings (SSSR count). The summed E-state index contributed by atoms with van der Waals surface area (Å²) in [6, 6.07) is 0. The molecule has 0 aliphatic heterocycles. The maximum absolute atomic E-state index is 11.8. The minimum atomic E-state index is -5.58. The average molecular weight is 232 g/mol. The van der Waals surface area contributed by atoms with Crippen LogP contribution in [0.3, 0.4) is 0 Å². The molecule has 8 heteroatoms. The van der Waals surface area contributed by atoms with E-state index in [0.29, 0.717) is 0 Å². The zero-order valence-electron chi connectivity index (χ0n) is 6.78. The van der Waals surface area contributed by atoms with Crippen molar-refractivity contribution in [3.05, 3.63) is 11.8 Å². The van der Waals surface area contributed by atoms with Crippen molar-refractivity contribution in [1.82, 2.24) is 0 Å². The van der Waals surface area contributed by atoms with Gasteiger partial charge in [-0.15, -0.1) is 0 Å². The zero-order chi connectivity index (χ0) is 11.0. The van der Waals surface area contributed by atoms with Crippen molar-refractivity contribution in [2.75, 3.05) is 0 Å². The second kappa shape index (κ2) is 3.43. The standard InChI is InChI=1S/C6H7F3O4S/c7-6(8,9)14(11,12)13-5-2-1-4(10)3-5/h2,4,10H,1,3H2. The first-order valence-electron chi connectivity index (χ1n) is 3.60. The first kappa shape index (κ1) is 11.3. The van der Waals surface area contributed by atoms with E-state index >= 15 is 0 Å². The minimum Gasteiger partial charge on any atom is -0.392 e. The number of hydrogen-bond donors (Lipinski definition) is 1. The number of aliphatic hydroxyl groups is 1. The van der Waals surface area contributed by atoms with Crippen LogP contribution < -0.4 is 0 Å². The molecule has 0 spiro atoms. The number of hydrogen-bond acceptors (Lipinski definition) is 4. The molecule has 0 amide bonds. The maximum atomic E-state index is 11.8. The SMILES string of the molecule is O=S(=O)(OC1=CCC(O)C1)C(F)(F)F. The van der Waals surface area contributed by atoms with Gasteiger partial charge in [0.05, 0.1) is 6.10 Å². The van der Waals surface area contributed by atoms with Gasteiger partial charge in [0.1, 0.15) is 5.76 Å². The molecule has 0 aromatic rings. The van der Waals surface area contributed by atoms with Crippen molar-refractivity contribution in [3.63, 3.8) is 0 Å². The summed E-state index contributed by atoms with van der Waals surface area (Å²) in [5.74, 6) is -0.366. The normalized spacial score (nSPS) is 23.4. The maximum Gasteiger partial charge on any atom is 0.534 e. The Morgan fingerprint density at radius 1 is 1.50 bits per heavy atom. The van der Waals surface area contributed by atoms with Crippen LogP contribution >= 0.6 is 0 Å². The molecule has 1 unspecified atom stereocenters. The van der Waals surface area contributed by atoms with E-state index in [0.717, 1.165) is 6.08 Å². The second-order valence-electron chi connectivity index (χ2n) is 2.75. The van der Waals surface area contributed by atoms with Crippen molar-refractivity contribution < 1.29 is 30.9 Å². The van der Waals surface area contributed by atoms with Crippen molar-refractivity contribution in [3.8, 4) is 0 Å². The topological polar surface area (TPSA) is 63.6 Å². The number of rotatable bonds is 2. The highest BCUT2D eigenvalue weighted by molar-refractivity contribution is 7.87. The zero-order valence-corrected chi connectivity index (χ0v) is 7.60. The van der Waals surface area contributed by atoms with Crippen LogP contribution in [0.4, 0.5) is 13.2 Å². The quantitative estimate of drug-likeness (QED) is 0.567. The third-order valence-electron chi connectivity index (χ3n) is 1.55. The lowest BCUT2D eigenvalue weighted by Gasteiger charge is -2.09. The van der Waals surface area contributed by atoms with E-state index in [4.69, 9.17) is 5.11 Å². The summed E-state index contributed by atoms with van der Waals surface area (Å²) < 4.78 is 60.0. The summed E-state index contributed by atoms with van der Waals surface area (Å²) in [5, 5.41) is 8.89. The highest BCUT2D eigenvalue weighted by atomic mass is 32.2. The van der Waals surface area contributed by atoms with E-state index in [1.54, 1.807) is 0 Å². The third kappa shape index (κ3) is 2.38. The Bertz CT molecular complexity index is 343. The predicted molar refractivity (Wildman–Crippen MR) is 39.4 cm³/mol. The van der Waals surface area contributed by atoms with Gasteiger partial charge in [-0.25, -0.2) is 0 Å².